The van der Waals surface area contributed by atoms with Gasteiger partial charge in [0.25, 0.3) is 0 Å². The number of hydrazine groups is 1. The molecule has 0 bridgehead atoms. The van der Waals surface area contributed by atoms with Gasteiger partial charge in [-0.2, -0.15) is 0 Å². The van der Waals surface area contributed by atoms with Crippen molar-refractivity contribution in [2.75, 3.05) is 7.11 Å². The summed E-state index contributed by atoms with van der Waals surface area (Å²) >= 11 is 5.92. The maximum atomic E-state index is 5.92. The molecule has 4 nitrogen and oxygen atoms in total. The maximum Gasteiger partial charge on any atom is 0.134 e. The van der Waals surface area contributed by atoms with Gasteiger partial charge in [0.2, 0.25) is 0 Å². The van der Waals surface area contributed by atoms with Gasteiger partial charge in [-0.25, -0.2) is 5.43 Å². The summed E-state index contributed by atoms with van der Waals surface area (Å²) in [6.07, 6.45) is -0.0870. The number of halogens is 1. The van der Waals surface area contributed by atoms with Crippen LogP contribution in [0.15, 0.2) is 28.7 Å². The molecule has 5 heteroatoms. The zero-order valence-electron chi connectivity index (χ0n) is 9.74. The SMILES string of the molecule is COC(C)C(NN)c1cc2cc(Cl)ccc2o1. The third-order valence-electron chi connectivity index (χ3n) is 2.82. The van der Waals surface area contributed by atoms with Crippen LogP contribution >= 0.6 is 11.6 Å². The smallest absolute Gasteiger partial charge is 0.134 e. The Morgan fingerprint density at radius 1 is 1.41 bits per heavy atom. The molecular weight excluding hydrogens is 240 g/mol. The summed E-state index contributed by atoms with van der Waals surface area (Å²) in [5.74, 6) is 6.25. The maximum absolute atomic E-state index is 5.92. The van der Waals surface area contributed by atoms with Crippen molar-refractivity contribution in [3.63, 3.8) is 0 Å². The Labute approximate surface area is 105 Å². The molecule has 3 N–H and O–H groups in total. The number of nitrogens with one attached hydrogen (secondary N) is 1. The summed E-state index contributed by atoms with van der Waals surface area (Å²) in [6, 6.07) is 7.22. The molecule has 1 heterocycles. The number of hydrogen-bond acceptors (Lipinski definition) is 4. The Hall–Kier alpha value is -1.07. The molecule has 0 amide bonds. The minimum atomic E-state index is -0.189. The average Bonchev–Trinajstić information content (AvgIpc) is 2.72. The summed E-state index contributed by atoms with van der Waals surface area (Å²) < 4.78 is 11.0. The van der Waals surface area contributed by atoms with Crippen LogP contribution in [0.25, 0.3) is 11.0 Å². The predicted octanol–water partition coefficient (Wildman–Crippen LogP) is 2.63. The highest BCUT2D eigenvalue weighted by Crippen LogP contribution is 2.28. The van der Waals surface area contributed by atoms with Crippen LogP contribution in [0.3, 0.4) is 0 Å². The second-order valence-electron chi connectivity index (χ2n) is 3.92. The van der Waals surface area contributed by atoms with E-state index < -0.39 is 0 Å². The number of nitrogens with two attached hydrogens (primary N) is 1. The summed E-state index contributed by atoms with van der Waals surface area (Å²) in [5, 5.41) is 1.64. The van der Waals surface area contributed by atoms with Crippen LogP contribution < -0.4 is 11.3 Å². The summed E-state index contributed by atoms with van der Waals surface area (Å²) in [6.45, 7) is 1.92. The van der Waals surface area contributed by atoms with Gasteiger partial charge in [-0.05, 0) is 31.2 Å². The van der Waals surface area contributed by atoms with Crippen LogP contribution in [-0.2, 0) is 4.74 Å². The van der Waals surface area contributed by atoms with Crippen molar-refractivity contribution in [3.8, 4) is 0 Å². The molecule has 0 radical (unpaired) electrons. The number of furan rings is 1. The Kier molecular flexibility index (Phi) is 3.69. The molecule has 0 spiro atoms. The standard InChI is InChI=1S/C12H15ClN2O2/c1-7(16-2)12(15-14)11-6-8-5-9(13)3-4-10(8)17-11/h3-7,12,15H,14H2,1-2H3. The monoisotopic (exact) mass is 254 g/mol. The van der Waals surface area contributed by atoms with Crippen molar-refractivity contribution < 1.29 is 9.15 Å². The second-order valence-corrected chi connectivity index (χ2v) is 4.35. The topological polar surface area (TPSA) is 60.4 Å². The summed E-state index contributed by atoms with van der Waals surface area (Å²) in [5.41, 5.74) is 3.48. The van der Waals surface area contributed by atoms with Crippen molar-refractivity contribution in [1.82, 2.24) is 5.43 Å². The third kappa shape index (κ3) is 2.45. The van der Waals surface area contributed by atoms with E-state index in [2.05, 4.69) is 5.43 Å². The number of ether oxygens (including phenoxy) is 1. The van der Waals surface area contributed by atoms with Gasteiger partial charge in [-0.1, -0.05) is 11.6 Å². The second kappa shape index (κ2) is 5.06. The molecule has 2 rings (SSSR count). The molecule has 1 aromatic carbocycles. The van der Waals surface area contributed by atoms with Gasteiger partial charge >= 0.3 is 0 Å². The highest BCUT2D eigenvalue weighted by molar-refractivity contribution is 6.31. The predicted molar refractivity (Wildman–Crippen MR) is 67.8 cm³/mol. The molecule has 17 heavy (non-hydrogen) atoms. The van der Waals surface area contributed by atoms with Crippen LogP contribution in [0.5, 0.6) is 0 Å². The lowest BCUT2D eigenvalue weighted by atomic mass is 10.1. The van der Waals surface area contributed by atoms with Gasteiger partial charge in [0.05, 0.1) is 6.10 Å². The number of hydrogen-bond donors (Lipinski definition) is 2. The van der Waals surface area contributed by atoms with Crippen molar-refractivity contribution in [2.45, 2.75) is 19.1 Å². The third-order valence-corrected chi connectivity index (χ3v) is 3.06. The van der Waals surface area contributed by atoms with Crippen LogP contribution in [0, 0.1) is 0 Å². The zero-order chi connectivity index (χ0) is 12.4. The van der Waals surface area contributed by atoms with E-state index in [4.69, 9.17) is 26.6 Å². The molecule has 0 saturated carbocycles. The lowest BCUT2D eigenvalue weighted by Crippen LogP contribution is -2.35. The van der Waals surface area contributed by atoms with E-state index in [0.717, 1.165) is 16.7 Å². The molecule has 2 unspecified atom stereocenters. The van der Waals surface area contributed by atoms with E-state index in [9.17, 15) is 0 Å². The minimum Gasteiger partial charge on any atom is -0.459 e. The molecule has 0 aliphatic heterocycles. The van der Waals surface area contributed by atoms with Crippen molar-refractivity contribution in [2.24, 2.45) is 5.84 Å². The first-order chi connectivity index (χ1) is 8.15. The fourth-order valence-corrected chi connectivity index (χ4v) is 1.95. The Morgan fingerprint density at radius 3 is 2.82 bits per heavy atom. The van der Waals surface area contributed by atoms with E-state index in [1.165, 1.54) is 0 Å². The van der Waals surface area contributed by atoms with Gasteiger partial charge in [0.15, 0.2) is 0 Å². The molecule has 0 aliphatic carbocycles. The van der Waals surface area contributed by atoms with E-state index >= 15 is 0 Å². The van der Waals surface area contributed by atoms with Crippen molar-refractivity contribution >= 4 is 22.6 Å². The quantitative estimate of drug-likeness (QED) is 0.650. The first-order valence-corrected chi connectivity index (χ1v) is 5.71. The molecule has 0 saturated heterocycles. The molecule has 0 aliphatic rings. The zero-order valence-corrected chi connectivity index (χ0v) is 10.5. The Bertz CT molecular complexity index is 512. The van der Waals surface area contributed by atoms with Gasteiger partial charge < -0.3 is 9.15 Å². The van der Waals surface area contributed by atoms with Crippen LogP contribution in [0.4, 0.5) is 0 Å². The lowest BCUT2D eigenvalue weighted by molar-refractivity contribution is 0.0761. The molecule has 2 aromatic rings. The molecule has 0 fully saturated rings. The van der Waals surface area contributed by atoms with Gasteiger partial charge in [0, 0.05) is 17.5 Å². The molecule has 2 atom stereocenters. The summed E-state index contributed by atoms with van der Waals surface area (Å²) in [4.78, 5) is 0. The average molecular weight is 255 g/mol. The van der Waals surface area contributed by atoms with Crippen LogP contribution in [0.2, 0.25) is 5.02 Å². The first-order valence-electron chi connectivity index (χ1n) is 5.33. The van der Waals surface area contributed by atoms with E-state index in [1.54, 1.807) is 13.2 Å². The first kappa shape index (κ1) is 12.4. The fraction of sp³-hybridized carbons (Fsp3) is 0.333. The Morgan fingerprint density at radius 2 is 2.18 bits per heavy atom. The number of methoxy groups -OCH3 is 1. The van der Waals surface area contributed by atoms with Crippen molar-refractivity contribution in [1.29, 1.82) is 0 Å². The van der Waals surface area contributed by atoms with E-state index in [0.29, 0.717) is 5.02 Å². The highest BCUT2D eigenvalue weighted by Gasteiger charge is 2.21. The fourth-order valence-electron chi connectivity index (χ4n) is 1.77. The highest BCUT2D eigenvalue weighted by atomic mass is 35.5. The van der Waals surface area contributed by atoms with Crippen molar-refractivity contribution in [3.05, 3.63) is 35.0 Å². The lowest BCUT2D eigenvalue weighted by Gasteiger charge is -2.19. The van der Waals surface area contributed by atoms with E-state index in [1.807, 2.05) is 25.1 Å². The van der Waals surface area contributed by atoms with Gasteiger partial charge in [-0.15, -0.1) is 0 Å². The molecule has 92 valence electrons. The van der Waals surface area contributed by atoms with Crippen LogP contribution in [0.1, 0.15) is 18.7 Å². The largest absolute Gasteiger partial charge is 0.459 e. The normalized spacial score (nSPS) is 15.1. The summed E-state index contributed by atoms with van der Waals surface area (Å²) in [7, 11) is 1.63. The number of benzene rings is 1. The number of fused-ring (bicyclic) bond motifs is 1. The van der Waals surface area contributed by atoms with Gasteiger partial charge in [-0.3, -0.25) is 5.84 Å². The Balaban J connectivity index is 2.41. The van der Waals surface area contributed by atoms with Gasteiger partial charge in [0.1, 0.15) is 17.4 Å². The minimum absolute atomic E-state index is 0.0870. The van der Waals surface area contributed by atoms with E-state index in [-0.39, 0.29) is 12.1 Å². The molecule has 1 aromatic heterocycles. The molecular formula is C12H15ClN2O2. The van der Waals surface area contributed by atoms with Crippen LogP contribution in [-0.4, -0.2) is 13.2 Å². The number of rotatable bonds is 4.